The van der Waals surface area contributed by atoms with E-state index in [0.717, 1.165) is 12.2 Å². The number of halogens is 2. The molecule has 0 spiro atoms. The van der Waals surface area contributed by atoms with E-state index in [1.807, 2.05) is 6.07 Å². The Bertz CT molecular complexity index is 721. The molecule has 1 aromatic heterocycles. The molecule has 0 amide bonds. The average Bonchev–Trinajstić information content (AvgIpc) is 2.83. The van der Waals surface area contributed by atoms with Crippen LogP contribution >= 0.6 is 34.5 Å². The monoisotopic (exact) mass is 307 g/mol. The number of anilines is 1. The third kappa shape index (κ3) is 2.71. The standard InChI is InChI=1S/C15H11Cl2NS/c16-11-5-6-13(17)14(7-11)18-8-10-9-19-15-4-2-1-3-12(10)15/h1-7,9,18H,8H2. The number of fused-ring (bicyclic) bond motifs is 1. The third-order valence-corrected chi connectivity index (χ3v) is 4.54. The smallest absolute Gasteiger partial charge is 0.0638 e. The highest BCUT2D eigenvalue weighted by molar-refractivity contribution is 7.17. The summed E-state index contributed by atoms with van der Waals surface area (Å²) in [6.07, 6.45) is 0. The summed E-state index contributed by atoms with van der Waals surface area (Å²) < 4.78 is 1.30. The molecule has 2 aromatic carbocycles. The summed E-state index contributed by atoms with van der Waals surface area (Å²) >= 11 is 13.9. The Morgan fingerprint density at radius 2 is 1.89 bits per heavy atom. The molecule has 96 valence electrons. The van der Waals surface area contributed by atoms with Crippen LogP contribution in [0.15, 0.2) is 47.8 Å². The highest BCUT2D eigenvalue weighted by atomic mass is 35.5. The van der Waals surface area contributed by atoms with Gasteiger partial charge in [-0.05, 0) is 40.6 Å². The van der Waals surface area contributed by atoms with Gasteiger partial charge < -0.3 is 5.32 Å². The van der Waals surface area contributed by atoms with Gasteiger partial charge in [-0.3, -0.25) is 0 Å². The number of rotatable bonds is 3. The molecule has 1 nitrogen and oxygen atoms in total. The van der Waals surface area contributed by atoms with Gasteiger partial charge in [0.1, 0.15) is 0 Å². The van der Waals surface area contributed by atoms with Crippen molar-refractivity contribution >= 4 is 50.3 Å². The SMILES string of the molecule is Clc1ccc(Cl)c(NCc2csc3ccccc23)c1. The van der Waals surface area contributed by atoms with Gasteiger partial charge >= 0.3 is 0 Å². The molecule has 3 aromatic rings. The molecule has 1 heterocycles. The van der Waals surface area contributed by atoms with Gasteiger partial charge in [0.15, 0.2) is 0 Å². The minimum absolute atomic E-state index is 0.682. The van der Waals surface area contributed by atoms with Crippen LogP contribution < -0.4 is 5.32 Å². The zero-order valence-electron chi connectivity index (χ0n) is 9.99. The van der Waals surface area contributed by atoms with E-state index in [-0.39, 0.29) is 0 Å². The Balaban J connectivity index is 1.84. The van der Waals surface area contributed by atoms with Gasteiger partial charge in [-0.1, -0.05) is 41.4 Å². The van der Waals surface area contributed by atoms with Crippen LogP contribution in [0.1, 0.15) is 5.56 Å². The zero-order valence-corrected chi connectivity index (χ0v) is 12.3. The van der Waals surface area contributed by atoms with Crippen molar-refractivity contribution in [2.24, 2.45) is 0 Å². The Morgan fingerprint density at radius 1 is 1.05 bits per heavy atom. The third-order valence-electron chi connectivity index (χ3n) is 2.96. The van der Waals surface area contributed by atoms with Crippen molar-refractivity contribution in [1.29, 1.82) is 0 Å². The minimum Gasteiger partial charge on any atom is -0.380 e. The minimum atomic E-state index is 0.682. The highest BCUT2D eigenvalue weighted by Crippen LogP contribution is 2.29. The maximum absolute atomic E-state index is 6.14. The van der Waals surface area contributed by atoms with Crippen LogP contribution in [0.2, 0.25) is 10.0 Å². The fraction of sp³-hybridized carbons (Fsp3) is 0.0667. The second kappa shape index (κ2) is 5.41. The molecule has 0 radical (unpaired) electrons. The van der Waals surface area contributed by atoms with Gasteiger partial charge in [0.05, 0.1) is 10.7 Å². The molecule has 19 heavy (non-hydrogen) atoms. The number of thiophene rings is 1. The van der Waals surface area contributed by atoms with Crippen molar-refractivity contribution in [1.82, 2.24) is 0 Å². The Hall–Kier alpha value is -1.22. The Labute approximate surface area is 125 Å². The van der Waals surface area contributed by atoms with Crippen LogP contribution in [0.4, 0.5) is 5.69 Å². The van der Waals surface area contributed by atoms with Crippen LogP contribution in [0.3, 0.4) is 0 Å². The molecule has 4 heteroatoms. The molecular weight excluding hydrogens is 297 g/mol. The summed E-state index contributed by atoms with van der Waals surface area (Å²) in [5.74, 6) is 0. The van der Waals surface area contributed by atoms with Crippen LogP contribution in [0, 0.1) is 0 Å². The average molecular weight is 308 g/mol. The summed E-state index contributed by atoms with van der Waals surface area (Å²) in [5, 5.41) is 8.17. The highest BCUT2D eigenvalue weighted by Gasteiger charge is 2.05. The molecule has 0 saturated carbocycles. The quantitative estimate of drug-likeness (QED) is 0.643. The predicted octanol–water partition coefficient (Wildman–Crippen LogP) is 5.82. The van der Waals surface area contributed by atoms with Crippen molar-refractivity contribution in [3.8, 4) is 0 Å². The van der Waals surface area contributed by atoms with Gasteiger partial charge in [-0.2, -0.15) is 0 Å². The van der Waals surface area contributed by atoms with E-state index in [2.05, 4.69) is 35.0 Å². The molecule has 3 rings (SSSR count). The maximum Gasteiger partial charge on any atom is 0.0638 e. The summed E-state index contributed by atoms with van der Waals surface area (Å²) in [4.78, 5) is 0. The van der Waals surface area contributed by atoms with E-state index in [9.17, 15) is 0 Å². The maximum atomic E-state index is 6.14. The fourth-order valence-electron chi connectivity index (χ4n) is 1.99. The van der Waals surface area contributed by atoms with Gasteiger partial charge in [-0.25, -0.2) is 0 Å². The van der Waals surface area contributed by atoms with Crippen molar-refractivity contribution in [2.75, 3.05) is 5.32 Å². The second-order valence-electron chi connectivity index (χ2n) is 4.23. The number of hydrogen-bond acceptors (Lipinski definition) is 2. The molecule has 0 aliphatic rings. The van der Waals surface area contributed by atoms with Gasteiger partial charge in [0, 0.05) is 16.3 Å². The van der Waals surface area contributed by atoms with E-state index >= 15 is 0 Å². The molecule has 0 atom stereocenters. The first kappa shape index (κ1) is 12.8. The van der Waals surface area contributed by atoms with Crippen molar-refractivity contribution in [2.45, 2.75) is 6.54 Å². The van der Waals surface area contributed by atoms with Crippen molar-refractivity contribution in [3.63, 3.8) is 0 Å². The molecule has 0 bridgehead atoms. The topological polar surface area (TPSA) is 12.0 Å². The molecule has 0 aliphatic heterocycles. The molecule has 0 unspecified atom stereocenters. The summed E-state index contributed by atoms with van der Waals surface area (Å²) in [7, 11) is 0. The van der Waals surface area contributed by atoms with E-state index in [4.69, 9.17) is 23.2 Å². The first-order chi connectivity index (χ1) is 9.24. The summed E-state index contributed by atoms with van der Waals surface area (Å²) in [6.45, 7) is 0.740. The Morgan fingerprint density at radius 3 is 2.79 bits per heavy atom. The van der Waals surface area contributed by atoms with Crippen LogP contribution in [0.5, 0.6) is 0 Å². The lowest BCUT2D eigenvalue weighted by Crippen LogP contribution is -1.99. The van der Waals surface area contributed by atoms with E-state index < -0.39 is 0 Å². The normalized spacial score (nSPS) is 10.8. The van der Waals surface area contributed by atoms with E-state index in [1.54, 1.807) is 23.5 Å². The zero-order chi connectivity index (χ0) is 13.2. The summed E-state index contributed by atoms with van der Waals surface area (Å²) in [5.41, 5.74) is 2.14. The predicted molar refractivity (Wildman–Crippen MR) is 85.6 cm³/mol. The Kier molecular flexibility index (Phi) is 3.65. The van der Waals surface area contributed by atoms with Crippen molar-refractivity contribution in [3.05, 3.63) is 63.5 Å². The lowest BCUT2D eigenvalue weighted by atomic mass is 10.2. The van der Waals surface area contributed by atoms with Gasteiger partial charge in [0.2, 0.25) is 0 Å². The fourth-order valence-corrected chi connectivity index (χ4v) is 3.31. The molecule has 0 saturated heterocycles. The summed E-state index contributed by atoms with van der Waals surface area (Å²) in [6, 6.07) is 13.8. The molecular formula is C15H11Cl2NS. The first-order valence-electron chi connectivity index (χ1n) is 5.88. The lowest BCUT2D eigenvalue weighted by molar-refractivity contribution is 1.18. The van der Waals surface area contributed by atoms with Crippen molar-refractivity contribution < 1.29 is 0 Å². The largest absolute Gasteiger partial charge is 0.380 e. The molecule has 0 aliphatic carbocycles. The van der Waals surface area contributed by atoms with E-state index in [0.29, 0.717) is 10.0 Å². The second-order valence-corrected chi connectivity index (χ2v) is 5.99. The number of hydrogen-bond donors (Lipinski definition) is 1. The van der Waals surface area contributed by atoms with Crippen LogP contribution in [-0.2, 0) is 6.54 Å². The molecule has 0 fully saturated rings. The molecule has 1 N–H and O–H groups in total. The van der Waals surface area contributed by atoms with E-state index in [1.165, 1.54) is 15.6 Å². The van der Waals surface area contributed by atoms with Gasteiger partial charge in [0.25, 0.3) is 0 Å². The van der Waals surface area contributed by atoms with Crippen LogP contribution in [0.25, 0.3) is 10.1 Å². The van der Waals surface area contributed by atoms with Gasteiger partial charge in [-0.15, -0.1) is 11.3 Å². The number of nitrogens with one attached hydrogen (secondary N) is 1. The number of benzene rings is 2. The lowest BCUT2D eigenvalue weighted by Gasteiger charge is -2.08. The first-order valence-corrected chi connectivity index (χ1v) is 7.51. The van der Waals surface area contributed by atoms with Crippen LogP contribution in [-0.4, -0.2) is 0 Å².